The van der Waals surface area contributed by atoms with Crippen molar-refractivity contribution in [2.45, 2.75) is 303 Å². The first-order chi connectivity index (χ1) is 39.2. The van der Waals surface area contributed by atoms with Gasteiger partial charge >= 0.3 is 25.7 Å². The minimum atomic E-state index is -4.78. The van der Waals surface area contributed by atoms with Crippen LogP contribution in [0.4, 0.5) is 0 Å². The predicted octanol–water partition coefficient (Wildman–Crippen LogP) is 19.8. The van der Waals surface area contributed by atoms with Crippen LogP contribution in [0.5, 0.6) is 0 Å². The number of esters is 3. The highest BCUT2D eigenvalue weighted by Crippen LogP contribution is 2.43. The van der Waals surface area contributed by atoms with Crippen molar-refractivity contribution in [2.24, 2.45) is 0 Å². The largest absolute Gasteiger partial charge is 0.472 e. The van der Waals surface area contributed by atoms with Crippen LogP contribution in [0.3, 0.4) is 0 Å². The van der Waals surface area contributed by atoms with Crippen molar-refractivity contribution >= 4 is 25.7 Å². The number of hydrogen-bond donors (Lipinski definition) is 2. The molecule has 0 saturated heterocycles. The third-order valence-electron chi connectivity index (χ3n) is 13.8. The predicted molar refractivity (Wildman–Crippen MR) is 334 cm³/mol. The average Bonchev–Trinajstić information content (AvgIpc) is 3.45. The zero-order valence-electron chi connectivity index (χ0n) is 51.3. The molecule has 80 heavy (non-hydrogen) atoms. The Kier molecular flexibility index (Phi) is 59.1. The van der Waals surface area contributed by atoms with Crippen LogP contribution in [0.1, 0.15) is 290 Å². The monoisotopic (exact) mass is 1140 g/mol. The lowest BCUT2D eigenvalue weighted by molar-refractivity contribution is -0.161. The topological polar surface area (TPSA) is 155 Å². The molecule has 0 aliphatic carbocycles. The summed E-state index contributed by atoms with van der Waals surface area (Å²) in [7, 11) is -4.78. The zero-order valence-corrected chi connectivity index (χ0v) is 52.2. The summed E-state index contributed by atoms with van der Waals surface area (Å²) in [6.07, 6.45) is 72.8. The Morgan fingerprint density at radius 3 is 1.12 bits per heavy atom. The Labute approximate surface area is 490 Å². The molecule has 0 aromatic carbocycles. The highest BCUT2D eigenvalue weighted by Gasteiger charge is 2.28. The molecule has 0 saturated carbocycles. The number of allylic oxidation sites excluding steroid dienone is 13. The van der Waals surface area contributed by atoms with Gasteiger partial charge in [-0.3, -0.25) is 23.4 Å². The molecule has 0 amide bonds. The summed E-state index contributed by atoms with van der Waals surface area (Å²) in [4.78, 5) is 48.7. The van der Waals surface area contributed by atoms with E-state index in [4.69, 9.17) is 23.3 Å². The van der Waals surface area contributed by atoms with Gasteiger partial charge in [-0.05, 0) is 77.0 Å². The van der Waals surface area contributed by atoms with Gasteiger partial charge in [-0.2, -0.15) is 0 Å². The lowest BCUT2D eigenvalue weighted by atomic mass is 10.0. The number of hydrogen-bond acceptors (Lipinski definition) is 10. The van der Waals surface area contributed by atoms with E-state index in [2.05, 4.69) is 81.5 Å². The third-order valence-corrected chi connectivity index (χ3v) is 14.8. The second-order valence-corrected chi connectivity index (χ2v) is 23.0. The second kappa shape index (κ2) is 61.7. The van der Waals surface area contributed by atoms with Gasteiger partial charge in [0.05, 0.1) is 26.2 Å². The molecule has 0 heterocycles. The molecule has 0 aromatic heterocycles. The van der Waals surface area contributed by atoms with E-state index < -0.39 is 57.8 Å². The zero-order chi connectivity index (χ0) is 58.3. The van der Waals surface area contributed by atoms with Crippen molar-refractivity contribution in [1.29, 1.82) is 0 Å². The van der Waals surface area contributed by atoms with Crippen molar-refractivity contribution < 1.29 is 52.2 Å². The van der Waals surface area contributed by atoms with Gasteiger partial charge in [0.25, 0.3) is 0 Å². The first-order valence-electron chi connectivity index (χ1n) is 32.5. The lowest BCUT2D eigenvalue weighted by Gasteiger charge is -2.21. The van der Waals surface area contributed by atoms with Gasteiger partial charge in [-0.15, -0.1) is 0 Å². The Morgan fingerprint density at radius 2 is 0.700 bits per heavy atom. The molecule has 0 aliphatic heterocycles. The molecule has 0 aromatic rings. The van der Waals surface area contributed by atoms with Crippen LogP contribution in [-0.2, 0) is 42.2 Å². The molecule has 11 nitrogen and oxygen atoms in total. The van der Waals surface area contributed by atoms with Crippen LogP contribution in [0.2, 0.25) is 0 Å². The fourth-order valence-electron chi connectivity index (χ4n) is 8.93. The highest BCUT2D eigenvalue weighted by molar-refractivity contribution is 7.47. The van der Waals surface area contributed by atoms with Gasteiger partial charge in [0.1, 0.15) is 12.7 Å². The van der Waals surface area contributed by atoms with E-state index in [0.717, 1.165) is 77.0 Å². The third kappa shape index (κ3) is 59.3. The molecule has 0 aliphatic rings. The molecule has 12 heteroatoms. The standard InChI is InChI=1S/C68H119O11P/c1-4-7-10-13-16-19-22-25-28-30-32-34-37-39-42-45-48-51-54-57-66(70)75-61-65(79-68(72)59-56-53-50-47-44-41-38-35-33-31-29-26-23-20-17-14-11-8-5-2)63-77-80(73,74)76-62-64(60-69)78-67(71)58-55-52-49-46-43-40-36-27-24-21-18-15-12-9-6-3/h9,12,17-18,20-21,26-27,29,36,43,46,52,55,64-65,69H,4-8,10-11,13-16,19,22-25,28,30-35,37-42,44-45,47-51,53-54,56-63H2,1-3H3,(H,73,74)/b12-9-,20-17-,21-18-,29-26-,36-27-,46-43-,55-52-. The Morgan fingerprint density at radius 1 is 0.375 bits per heavy atom. The SMILES string of the molecule is CC/C=C\C/C=C\C/C=C\C/C=C\C/C=C\CC(=O)OC(CO)COP(=O)(O)OCC(COC(=O)CCCCCCCCCCCCCCCCCCCCC)OC(=O)CCCCCCCCCCC/C=C\C/C=C\CCCCC. The van der Waals surface area contributed by atoms with E-state index in [1.165, 1.54) is 154 Å². The molecule has 3 unspecified atom stereocenters. The maximum Gasteiger partial charge on any atom is 0.472 e. The first-order valence-corrected chi connectivity index (χ1v) is 34.0. The minimum absolute atomic E-state index is 0.0564. The van der Waals surface area contributed by atoms with E-state index in [1.54, 1.807) is 6.08 Å². The number of phosphoric acid groups is 1. The van der Waals surface area contributed by atoms with Gasteiger partial charge in [-0.1, -0.05) is 279 Å². The van der Waals surface area contributed by atoms with E-state index in [0.29, 0.717) is 19.3 Å². The molecule has 0 fully saturated rings. The molecule has 0 rings (SSSR count). The molecular weight excluding hydrogens is 1020 g/mol. The van der Waals surface area contributed by atoms with Crippen LogP contribution in [-0.4, -0.2) is 66.5 Å². The molecule has 2 N–H and O–H groups in total. The summed E-state index contributed by atoms with van der Waals surface area (Å²) < 4.78 is 39.6. The number of phosphoric ester groups is 1. The lowest BCUT2D eigenvalue weighted by Crippen LogP contribution is -2.30. The highest BCUT2D eigenvalue weighted by atomic mass is 31.2. The van der Waals surface area contributed by atoms with Gasteiger partial charge in [-0.25, -0.2) is 4.57 Å². The van der Waals surface area contributed by atoms with E-state index >= 15 is 0 Å². The minimum Gasteiger partial charge on any atom is -0.462 e. The van der Waals surface area contributed by atoms with Crippen molar-refractivity contribution in [2.75, 3.05) is 26.4 Å². The Hall–Kier alpha value is -3.34. The summed E-state index contributed by atoms with van der Waals surface area (Å²) in [6, 6.07) is 0. The molecule has 0 radical (unpaired) electrons. The molecular formula is C68H119O11P. The normalized spacial score (nSPS) is 13.8. The number of unbranched alkanes of at least 4 members (excludes halogenated alkanes) is 30. The number of aliphatic hydroxyl groups is 1. The summed E-state index contributed by atoms with van der Waals surface area (Å²) in [5.74, 6) is -1.59. The van der Waals surface area contributed by atoms with Crippen LogP contribution in [0, 0.1) is 0 Å². The van der Waals surface area contributed by atoms with Crippen molar-refractivity contribution in [3.05, 3.63) is 85.1 Å². The van der Waals surface area contributed by atoms with Crippen LogP contribution in [0.15, 0.2) is 85.1 Å². The quantitative estimate of drug-likeness (QED) is 0.0197. The van der Waals surface area contributed by atoms with Gasteiger partial charge in [0.15, 0.2) is 6.10 Å². The average molecular weight is 1140 g/mol. The number of carbonyl (C=O) groups excluding carboxylic acids is 3. The second-order valence-electron chi connectivity index (χ2n) is 21.6. The van der Waals surface area contributed by atoms with Crippen molar-refractivity contribution in [1.82, 2.24) is 0 Å². The summed E-state index contributed by atoms with van der Waals surface area (Å²) in [5, 5.41) is 9.82. The van der Waals surface area contributed by atoms with Crippen LogP contribution >= 0.6 is 7.82 Å². The molecule has 3 atom stereocenters. The van der Waals surface area contributed by atoms with E-state index in [1.807, 2.05) is 18.2 Å². The van der Waals surface area contributed by atoms with E-state index in [9.17, 15) is 28.9 Å². The summed E-state index contributed by atoms with van der Waals surface area (Å²) >= 11 is 0. The first kappa shape index (κ1) is 76.7. The fraction of sp³-hybridized carbons (Fsp3) is 0.750. The Balaban J connectivity index is 4.76. The Bertz CT molecular complexity index is 1670. The van der Waals surface area contributed by atoms with Crippen molar-refractivity contribution in [3.8, 4) is 0 Å². The van der Waals surface area contributed by atoms with Gasteiger partial charge < -0.3 is 24.2 Å². The number of rotatable bonds is 60. The summed E-state index contributed by atoms with van der Waals surface area (Å²) in [5.41, 5.74) is 0. The molecule has 0 spiro atoms. The number of aliphatic hydroxyl groups excluding tert-OH is 1. The van der Waals surface area contributed by atoms with Crippen LogP contribution in [0.25, 0.3) is 0 Å². The van der Waals surface area contributed by atoms with Crippen molar-refractivity contribution in [3.63, 3.8) is 0 Å². The van der Waals surface area contributed by atoms with Crippen LogP contribution < -0.4 is 0 Å². The summed E-state index contributed by atoms with van der Waals surface area (Å²) in [6.45, 7) is 4.44. The maximum atomic E-state index is 13.0. The fourth-order valence-corrected chi connectivity index (χ4v) is 9.72. The maximum absolute atomic E-state index is 13.0. The van der Waals surface area contributed by atoms with Gasteiger partial charge in [0, 0.05) is 12.8 Å². The number of ether oxygens (including phenoxy) is 3. The van der Waals surface area contributed by atoms with E-state index in [-0.39, 0.29) is 25.9 Å². The smallest absolute Gasteiger partial charge is 0.462 e. The van der Waals surface area contributed by atoms with Gasteiger partial charge in [0.2, 0.25) is 0 Å². The number of carbonyl (C=O) groups is 3. The molecule has 462 valence electrons. The molecule has 0 bridgehead atoms.